The van der Waals surface area contributed by atoms with Crippen molar-refractivity contribution in [3.8, 4) is 6.07 Å². The molecule has 1 N–H and O–H groups in total. The van der Waals surface area contributed by atoms with Gasteiger partial charge in [-0.25, -0.2) is 0 Å². The van der Waals surface area contributed by atoms with Crippen LogP contribution in [-0.2, 0) is 4.74 Å². The van der Waals surface area contributed by atoms with Gasteiger partial charge < -0.3 is 15.0 Å². The first kappa shape index (κ1) is 15.4. The summed E-state index contributed by atoms with van der Waals surface area (Å²) < 4.78 is 5.67. The van der Waals surface area contributed by atoms with Crippen LogP contribution in [0.4, 0.5) is 0 Å². The summed E-state index contributed by atoms with van der Waals surface area (Å²) in [4.78, 5) is 2.43. The number of nitrogens with one attached hydrogen (secondary N) is 1. The minimum atomic E-state index is -0.386. The number of nitrogens with zero attached hydrogens (tertiary/aromatic N) is 2. The normalized spacial score (nSPS) is 22.9. The lowest BCUT2D eigenvalue weighted by atomic mass is 9.98. The first-order valence-electron chi connectivity index (χ1n) is 7.07. The highest BCUT2D eigenvalue weighted by Gasteiger charge is 2.22. The number of hydrogen-bond acceptors (Lipinski definition) is 4. The molecular weight excluding hydrogens is 226 g/mol. The molecule has 1 rings (SSSR count). The molecule has 1 saturated heterocycles. The van der Waals surface area contributed by atoms with E-state index in [1.54, 1.807) is 0 Å². The number of rotatable bonds is 8. The number of hydrogen-bond donors (Lipinski definition) is 1. The molecule has 2 atom stereocenters. The van der Waals surface area contributed by atoms with Crippen LogP contribution in [0.2, 0.25) is 0 Å². The standard InChI is InChI=1S/C14H27N3O/c1-4-17(11-13-7-5-10-18-13)9-6-8-14(2,12-15)16-3/h13,16H,4-11H2,1-3H3. The van der Waals surface area contributed by atoms with E-state index in [-0.39, 0.29) is 5.54 Å². The molecule has 1 heterocycles. The predicted octanol–water partition coefficient (Wildman–Crippen LogP) is 1.77. The van der Waals surface area contributed by atoms with Crippen molar-refractivity contribution in [1.82, 2.24) is 10.2 Å². The van der Waals surface area contributed by atoms with Crippen LogP contribution in [0.15, 0.2) is 0 Å². The van der Waals surface area contributed by atoms with Gasteiger partial charge in [0.1, 0.15) is 5.54 Å². The second-order valence-corrected chi connectivity index (χ2v) is 5.33. The van der Waals surface area contributed by atoms with E-state index in [1.165, 1.54) is 12.8 Å². The lowest BCUT2D eigenvalue weighted by molar-refractivity contribution is 0.0739. The van der Waals surface area contributed by atoms with E-state index >= 15 is 0 Å². The van der Waals surface area contributed by atoms with E-state index in [0.717, 1.165) is 39.1 Å². The van der Waals surface area contributed by atoms with Crippen LogP contribution < -0.4 is 5.32 Å². The molecule has 104 valence electrons. The van der Waals surface area contributed by atoms with Gasteiger partial charge in [-0.05, 0) is 52.7 Å². The molecule has 0 spiro atoms. The zero-order chi connectivity index (χ0) is 13.4. The van der Waals surface area contributed by atoms with Crippen molar-refractivity contribution >= 4 is 0 Å². The van der Waals surface area contributed by atoms with Gasteiger partial charge in [0.2, 0.25) is 0 Å². The summed E-state index contributed by atoms with van der Waals surface area (Å²) >= 11 is 0. The molecular formula is C14H27N3O. The molecule has 4 heteroatoms. The van der Waals surface area contributed by atoms with Gasteiger partial charge in [-0.1, -0.05) is 6.92 Å². The Morgan fingerprint density at radius 2 is 2.33 bits per heavy atom. The minimum Gasteiger partial charge on any atom is -0.377 e. The van der Waals surface area contributed by atoms with Crippen LogP contribution in [-0.4, -0.2) is 49.8 Å². The summed E-state index contributed by atoms with van der Waals surface area (Å²) in [7, 11) is 1.85. The molecule has 1 aliphatic rings. The molecule has 0 amide bonds. The SMILES string of the molecule is CCN(CCCC(C)(C#N)NC)CC1CCCO1. The molecule has 0 aromatic heterocycles. The first-order valence-corrected chi connectivity index (χ1v) is 7.07. The average Bonchev–Trinajstić information content (AvgIpc) is 2.90. The average molecular weight is 253 g/mol. The molecule has 0 saturated carbocycles. The second-order valence-electron chi connectivity index (χ2n) is 5.33. The van der Waals surface area contributed by atoms with Crippen LogP contribution in [0.3, 0.4) is 0 Å². The van der Waals surface area contributed by atoms with Crippen molar-refractivity contribution in [1.29, 1.82) is 5.26 Å². The highest BCUT2D eigenvalue weighted by atomic mass is 16.5. The van der Waals surface area contributed by atoms with Crippen LogP contribution in [0.5, 0.6) is 0 Å². The highest BCUT2D eigenvalue weighted by Crippen LogP contribution is 2.15. The Hall–Kier alpha value is -0.630. The lowest BCUT2D eigenvalue weighted by Crippen LogP contribution is -2.39. The van der Waals surface area contributed by atoms with Gasteiger partial charge in [-0.15, -0.1) is 0 Å². The van der Waals surface area contributed by atoms with E-state index < -0.39 is 0 Å². The largest absolute Gasteiger partial charge is 0.377 e. The third kappa shape index (κ3) is 4.93. The molecule has 0 aromatic carbocycles. The lowest BCUT2D eigenvalue weighted by Gasteiger charge is -2.26. The number of likely N-dealkylation sites (N-methyl/N-ethyl adjacent to an activating group) is 1. The van der Waals surface area contributed by atoms with E-state index in [9.17, 15) is 0 Å². The molecule has 18 heavy (non-hydrogen) atoms. The van der Waals surface area contributed by atoms with E-state index in [1.807, 2.05) is 14.0 Å². The fraction of sp³-hybridized carbons (Fsp3) is 0.929. The molecule has 0 aromatic rings. The van der Waals surface area contributed by atoms with Gasteiger partial charge in [0.05, 0.1) is 12.2 Å². The van der Waals surface area contributed by atoms with Crippen LogP contribution in [0, 0.1) is 11.3 Å². The summed E-state index contributed by atoms with van der Waals surface area (Å²) in [5.41, 5.74) is -0.386. The molecule has 2 unspecified atom stereocenters. The third-order valence-corrected chi connectivity index (χ3v) is 3.88. The summed E-state index contributed by atoms with van der Waals surface area (Å²) in [5.74, 6) is 0. The topological polar surface area (TPSA) is 48.3 Å². The Kier molecular flexibility index (Phi) is 6.62. The van der Waals surface area contributed by atoms with E-state index in [4.69, 9.17) is 10.00 Å². The summed E-state index contributed by atoms with van der Waals surface area (Å²) in [6.45, 7) is 8.23. The smallest absolute Gasteiger partial charge is 0.103 e. The molecule has 1 fully saturated rings. The van der Waals surface area contributed by atoms with Crippen molar-refractivity contribution in [2.45, 2.75) is 51.2 Å². The van der Waals surface area contributed by atoms with Crippen molar-refractivity contribution in [2.24, 2.45) is 0 Å². The van der Waals surface area contributed by atoms with Gasteiger partial charge in [0.15, 0.2) is 0 Å². The third-order valence-electron chi connectivity index (χ3n) is 3.88. The Bertz CT molecular complexity index is 271. The quantitative estimate of drug-likeness (QED) is 0.716. The van der Waals surface area contributed by atoms with Crippen molar-refractivity contribution in [2.75, 3.05) is 33.3 Å². The fourth-order valence-electron chi connectivity index (χ4n) is 2.35. The Morgan fingerprint density at radius 3 is 2.83 bits per heavy atom. The molecule has 4 nitrogen and oxygen atoms in total. The molecule has 0 radical (unpaired) electrons. The van der Waals surface area contributed by atoms with Crippen LogP contribution in [0.1, 0.15) is 39.5 Å². The monoisotopic (exact) mass is 253 g/mol. The van der Waals surface area contributed by atoms with Crippen LogP contribution in [0.25, 0.3) is 0 Å². The van der Waals surface area contributed by atoms with Crippen LogP contribution >= 0.6 is 0 Å². The maximum absolute atomic E-state index is 9.09. The van der Waals surface area contributed by atoms with Crippen molar-refractivity contribution in [3.05, 3.63) is 0 Å². The fourth-order valence-corrected chi connectivity index (χ4v) is 2.35. The zero-order valence-corrected chi connectivity index (χ0v) is 12.0. The molecule has 0 bridgehead atoms. The first-order chi connectivity index (χ1) is 8.63. The number of ether oxygens (including phenoxy) is 1. The zero-order valence-electron chi connectivity index (χ0n) is 12.0. The summed E-state index contributed by atoms with van der Waals surface area (Å²) in [5, 5.41) is 12.2. The highest BCUT2D eigenvalue weighted by molar-refractivity contribution is 5.02. The molecule has 1 aliphatic heterocycles. The Balaban J connectivity index is 2.24. The Morgan fingerprint density at radius 1 is 1.56 bits per heavy atom. The van der Waals surface area contributed by atoms with Gasteiger partial charge in [0.25, 0.3) is 0 Å². The molecule has 0 aliphatic carbocycles. The van der Waals surface area contributed by atoms with Gasteiger partial charge in [-0.2, -0.15) is 5.26 Å². The number of nitriles is 1. The Labute approximate surface area is 111 Å². The minimum absolute atomic E-state index is 0.386. The van der Waals surface area contributed by atoms with Crippen molar-refractivity contribution in [3.63, 3.8) is 0 Å². The van der Waals surface area contributed by atoms with Gasteiger partial charge >= 0.3 is 0 Å². The predicted molar refractivity (Wildman–Crippen MR) is 73.4 cm³/mol. The summed E-state index contributed by atoms with van der Waals surface area (Å²) in [6, 6.07) is 2.34. The van der Waals surface area contributed by atoms with Crippen molar-refractivity contribution < 1.29 is 4.74 Å². The van der Waals surface area contributed by atoms with Gasteiger partial charge in [0, 0.05) is 13.2 Å². The summed E-state index contributed by atoms with van der Waals surface area (Å²) in [6.07, 6.45) is 4.77. The maximum Gasteiger partial charge on any atom is 0.103 e. The second kappa shape index (κ2) is 7.73. The van der Waals surface area contributed by atoms with E-state index in [0.29, 0.717) is 6.10 Å². The van der Waals surface area contributed by atoms with E-state index in [2.05, 4.69) is 23.2 Å². The van der Waals surface area contributed by atoms with Gasteiger partial charge in [-0.3, -0.25) is 0 Å². The maximum atomic E-state index is 9.09.